The van der Waals surface area contributed by atoms with E-state index in [2.05, 4.69) is 25.7 Å². The van der Waals surface area contributed by atoms with Gasteiger partial charge in [0.05, 0.1) is 5.60 Å². The van der Waals surface area contributed by atoms with E-state index >= 15 is 0 Å². The Morgan fingerprint density at radius 3 is 2.48 bits per heavy atom. The number of ketones is 1. The molecule has 6 rings (SSSR count). The minimum absolute atomic E-state index is 0.103. The molecule has 0 aliphatic heterocycles. The zero-order valence-electron chi connectivity index (χ0n) is 16.8. The molecular formula is C24H32O3. The van der Waals surface area contributed by atoms with E-state index in [0.717, 1.165) is 32.1 Å². The first-order valence-electron chi connectivity index (χ1n) is 11.1. The molecule has 3 heteroatoms. The molecule has 0 radical (unpaired) electrons. The first-order chi connectivity index (χ1) is 12.7. The Labute approximate surface area is 162 Å². The van der Waals surface area contributed by atoms with Gasteiger partial charge in [-0.3, -0.25) is 4.79 Å². The van der Waals surface area contributed by atoms with Crippen molar-refractivity contribution in [2.45, 2.75) is 76.9 Å². The van der Waals surface area contributed by atoms with Crippen LogP contribution in [0.1, 0.15) is 65.7 Å². The Hall–Kier alpha value is -0.850. The zero-order valence-corrected chi connectivity index (χ0v) is 16.8. The summed E-state index contributed by atoms with van der Waals surface area (Å²) in [5.74, 6) is 10.1. The van der Waals surface area contributed by atoms with Crippen molar-refractivity contribution in [3.05, 3.63) is 0 Å². The maximum Gasteiger partial charge on any atom is 0.135 e. The molecule has 0 aromatic heterocycles. The van der Waals surface area contributed by atoms with E-state index in [4.69, 9.17) is 0 Å². The van der Waals surface area contributed by atoms with E-state index in [0.29, 0.717) is 54.3 Å². The third-order valence-corrected chi connectivity index (χ3v) is 10.8. The van der Waals surface area contributed by atoms with Gasteiger partial charge in [0.25, 0.3) is 0 Å². The highest BCUT2D eigenvalue weighted by Gasteiger charge is 2.81. The highest BCUT2D eigenvalue weighted by atomic mass is 16.3. The van der Waals surface area contributed by atoms with Gasteiger partial charge >= 0.3 is 0 Å². The van der Waals surface area contributed by atoms with Crippen LogP contribution in [-0.2, 0) is 4.79 Å². The summed E-state index contributed by atoms with van der Waals surface area (Å²) < 4.78 is 0. The molecule has 3 nitrogen and oxygen atoms in total. The molecule has 0 aromatic rings. The maximum atomic E-state index is 12.2. The van der Waals surface area contributed by atoms with Gasteiger partial charge in [-0.05, 0) is 74.5 Å². The smallest absolute Gasteiger partial charge is 0.135 e. The van der Waals surface area contributed by atoms with Crippen molar-refractivity contribution in [2.24, 2.45) is 52.3 Å². The lowest BCUT2D eigenvalue weighted by Gasteiger charge is -2.63. The van der Waals surface area contributed by atoms with Crippen molar-refractivity contribution in [1.82, 2.24) is 0 Å². The molecule has 146 valence electrons. The average Bonchev–Trinajstić information content (AvgIpc) is 3.49. The summed E-state index contributed by atoms with van der Waals surface area (Å²) >= 11 is 0. The molecule has 6 aliphatic rings. The van der Waals surface area contributed by atoms with Crippen LogP contribution >= 0.6 is 0 Å². The van der Waals surface area contributed by atoms with Crippen LogP contribution in [0.5, 0.6) is 0 Å². The summed E-state index contributed by atoms with van der Waals surface area (Å²) in [6.07, 6.45) is 6.16. The normalized spacial score (nSPS) is 64.9. The SMILES string of the molecule is CC#C[C@]1(O)[C@H]2C[C@H]2C2C3C(CC[C@@]21C)[C@@]1(C)CCC(=O)C[C@@]1(O)[C@@H]1C[C@H]31. The highest BCUT2D eigenvalue weighted by molar-refractivity contribution is 5.81. The van der Waals surface area contributed by atoms with Crippen molar-refractivity contribution in [3.63, 3.8) is 0 Å². The van der Waals surface area contributed by atoms with Crippen LogP contribution in [0.2, 0.25) is 0 Å². The molecule has 0 spiro atoms. The molecule has 6 aliphatic carbocycles. The predicted molar refractivity (Wildman–Crippen MR) is 101 cm³/mol. The van der Waals surface area contributed by atoms with E-state index < -0.39 is 11.2 Å². The van der Waals surface area contributed by atoms with Gasteiger partial charge in [0.1, 0.15) is 11.4 Å². The van der Waals surface area contributed by atoms with Gasteiger partial charge in [0.2, 0.25) is 0 Å². The van der Waals surface area contributed by atoms with Crippen molar-refractivity contribution in [2.75, 3.05) is 0 Å². The maximum absolute atomic E-state index is 12.2. The lowest BCUT2D eigenvalue weighted by Crippen LogP contribution is -2.65. The number of hydrogen-bond donors (Lipinski definition) is 2. The Morgan fingerprint density at radius 2 is 1.74 bits per heavy atom. The lowest BCUT2D eigenvalue weighted by atomic mass is 9.42. The molecule has 11 atom stereocenters. The molecule has 2 N–H and O–H groups in total. The van der Waals surface area contributed by atoms with E-state index in [-0.39, 0.29) is 16.6 Å². The summed E-state index contributed by atoms with van der Waals surface area (Å²) in [6, 6.07) is 0. The highest BCUT2D eigenvalue weighted by Crippen LogP contribution is 2.81. The van der Waals surface area contributed by atoms with Crippen molar-refractivity contribution >= 4 is 5.78 Å². The molecule has 0 bridgehead atoms. The van der Waals surface area contributed by atoms with Gasteiger partial charge in [-0.1, -0.05) is 19.8 Å². The number of carbonyl (C=O) groups excluding carboxylic acids is 1. The molecule has 27 heavy (non-hydrogen) atoms. The molecule has 0 aromatic carbocycles. The molecule has 3 unspecified atom stereocenters. The van der Waals surface area contributed by atoms with Crippen LogP contribution in [0.4, 0.5) is 0 Å². The fraction of sp³-hybridized carbons (Fsp3) is 0.875. The summed E-state index contributed by atoms with van der Waals surface area (Å²) in [5.41, 5.74) is -1.83. The predicted octanol–water partition coefficient (Wildman–Crippen LogP) is 3.18. The fourth-order valence-corrected chi connectivity index (χ4v) is 9.40. The third kappa shape index (κ3) is 1.66. The van der Waals surface area contributed by atoms with Gasteiger partial charge in [0, 0.05) is 29.6 Å². The number of hydrogen-bond acceptors (Lipinski definition) is 3. The Balaban J connectivity index is 1.45. The molecule has 0 saturated heterocycles. The molecule has 0 amide bonds. The molecular weight excluding hydrogens is 336 g/mol. The Morgan fingerprint density at radius 1 is 1.00 bits per heavy atom. The molecule has 0 heterocycles. The zero-order chi connectivity index (χ0) is 19.0. The third-order valence-electron chi connectivity index (χ3n) is 10.8. The molecule has 6 fully saturated rings. The van der Waals surface area contributed by atoms with Crippen LogP contribution in [-0.4, -0.2) is 27.2 Å². The number of rotatable bonds is 0. The van der Waals surface area contributed by atoms with Crippen LogP contribution in [0.25, 0.3) is 0 Å². The minimum Gasteiger partial charge on any atom is -0.389 e. The first kappa shape index (κ1) is 17.0. The summed E-state index contributed by atoms with van der Waals surface area (Å²) in [6.45, 7) is 6.47. The van der Waals surface area contributed by atoms with Crippen molar-refractivity contribution in [3.8, 4) is 11.8 Å². The number of aliphatic hydroxyl groups is 2. The van der Waals surface area contributed by atoms with E-state index in [1.807, 2.05) is 6.92 Å². The Kier molecular flexibility index (Phi) is 2.94. The standard InChI is InChI=1S/C24H32O3/c1-4-7-23(26)18-11-15(18)20-19-14-10-17(14)24(27)12-13(25)5-8-21(24,2)16(19)6-9-22(20,23)3/h14-20,26-27H,5-6,8-12H2,1-3H3/t14-,15+,16?,17+,18-,19?,20?,21+,22-,23-,24+/m0/s1. The van der Waals surface area contributed by atoms with E-state index in [9.17, 15) is 15.0 Å². The first-order valence-corrected chi connectivity index (χ1v) is 11.1. The van der Waals surface area contributed by atoms with Crippen LogP contribution in [0.3, 0.4) is 0 Å². The van der Waals surface area contributed by atoms with Gasteiger partial charge in [0.15, 0.2) is 0 Å². The quantitative estimate of drug-likeness (QED) is 0.646. The van der Waals surface area contributed by atoms with Gasteiger partial charge in [-0.2, -0.15) is 0 Å². The van der Waals surface area contributed by atoms with Crippen molar-refractivity contribution in [1.29, 1.82) is 0 Å². The average molecular weight is 369 g/mol. The van der Waals surface area contributed by atoms with Crippen LogP contribution in [0.15, 0.2) is 0 Å². The van der Waals surface area contributed by atoms with E-state index in [1.54, 1.807) is 0 Å². The minimum atomic E-state index is -0.816. The van der Waals surface area contributed by atoms with Crippen LogP contribution < -0.4 is 0 Å². The second kappa shape index (κ2) is 4.65. The number of fused-ring (bicyclic) bond motifs is 10. The summed E-state index contributed by atoms with van der Waals surface area (Å²) in [4.78, 5) is 12.2. The molecule has 6 saturated carbocycles. The second-order valence-electron chi connectivity index (χ2n) is 11.4. The van der Waals surface area contributed by atoms with Gasteiger partial charge in [-0.25, -0.2) is 0 Å². The van der Waals surface area contributed by atoms with Gasteiger partial charge in [-0.15, -0.1) is 5.92 Å². The van der Waals surface area contributed by atoms with E-state index in [1.165, 1.54) is 0 Å². The van der Waals surface area contributed by atoms with Crippen LogP contribution in [0, 0.1) is 64.1 Å². The topological polar surface area (TPSA) is 57.5 Å². The lowest BCUT2D eigenvalue weighted by molar-refractivity contribution is -0.218. The second-order valence-corrected chi connectivity index (χ2v) is 11.4. The fourth-order valence-electron chi connectivity index (χ4n) is 9.40. The summed E-state index contributed by atoms with van der Waals surface area (Å²) in [7, 11) is 0. The number of carbonyl (C=O) groups is 1. The summed E-state index contributed by atoms with van der Waals surface area (Å²) in [5, 5.41) is 23.4. The largest absolute Gasteiger partial charge is 0.389 e. The van der Waals surface area contributed by atoms with Crippen molar-refractivity contribution < 1.29 is 15.0 Å². The van der Waals surface area contributed by atoms with Gasteiger partial charge < -0.3 is 10.2 Å². The monoisotopic (exact) mass is 368 g/mol. The Bertz CT molecular complexity index is 808. The number of Topliss-reactive ketones (excluding diaryl/α,β-unsaturated/α-hetero) is 1.